The summed E-state index contributed by atoms with van der Waals surface area (Å²) in [6, 6.07) is 0. The summed E-state index contributed by atoms with van der Waals surface area (Å²) in [7, 11) is 0. The summed E-state index contributed by atoms with van der Waals surface area (Å²) in [5, 5.41) is 0. The molecule has 1 aliphatic carbocycles. The van der Waals surface area contributed by atoms with Crippen LogP contribution in [-0.2, 0) is 9.53 Å². The quantitative estimate of drug-likeness (QED) is 0.527. The summed E-state index contributed by atoms with van der Waals surface area (Å²) >= 11 is 0. The smallest absolute Gasteiger partial charge is 0.308 e. The lowest BCUT2D eigenvalue weighted by Crippen LogP contribution is -2.51. The third-order valence-corrected chi connectivity index (χ3v) is 6.59. The van der Waals surface area contributed by atoms with Crippen molar-refractivity contribution in [1.82, 2.24) is 0 Å². The number of esters is 1. The maximum Gasteiger partial charge on any atom is 0.308 e. The van der Waals surface area contributed by atoms with E-state index in [1.54, 1.807) is 0 Å². The van der Waals surface area contributed by atoms with E-state index in [4.69, 9.17) is 4.74 Å². The molecular formula is C23H44O2. The Morgan fingerprint density at radius 1 is 0.880 bits per heavy atom. The van der Waals surface area contributed by atoms with Crippen molar-refractivity contribution in [2.24, 2.45) is 39.9 Å². The minimum atomic E-state index is -0.0124. The van der Waals surface area contributed by atoms with E-state index in [0.717, 1.165) is 19.3 Å². The van der Waals surface area contributed by atoms with Crippen LogP contribution in [-0.4, -0.2) is 12.1 Å². The van der Waals surface area contributed by atoms with Crippen molar-refractivity contribution in [2.45, 2.75) is 102 Å². The van der Waals surface area contributed by atoms with Crippen molar-refractivity contribution in [3.05, 3.63) is 0 Å². The fraction of sp³-hybridized carbons (Fsp3) is 0.957. The first-order valence-electron chi connectivity index (χ1n) is 10.3. The lowest BCUT2D eigenvalue weighted by Gasteiger charge is -2.53. The second-order valence-corrected chi connectivity index (χ2v) is 11.7. The van der Waals surface area contributed by atoms with E-state index in [2.05, 4.69) is 69.2 Å². The maximum atomic E-state index is 12.6. The van der Waals surface area contributed by atoms with Crippen LogP contribution in [0.3, 0.4) is 0 Å². The second kappa shape index (κ2) is 7.61. The van der Waals surface area contributed by atoms with Crippen molar-refractivity contribution >= 4 is 5.97 Å². The SMILES string of the molecule is CCC(C)C(=O)OC1C(C(C)(C)C)CC(C(C)(C)C)CC1C(C)(C)C. The molecule has 0 radical (unpaired) electrons. The van der Waals surface area contributed by atoms with Gasteiger partial charge in [0.05, 0.1) is 5.92 Å². The molecule has 1 saturated carbocycles. The Bertz CT molecular complexity index is 420. The van der Waals surface area contributed by atoms with Crippen molar-refractivity contribution in [3.8, 4) is 0 Å². The third-order valence-electron chi connectivity index (χ3n) is 6.59. The highest BCUT2D eigenvalue weighted by atomic mass is 16.5. The normalized spacial score (nSPS) is 30.0. The molecule has 1 rings (SSSR count). The predicted molar refractivity (Wildman–Crippen MR) is 107 cm³/mol. The van der Waals surface area contributed by atoms with Crippen LogP contribution in [0.15, 0.2) is 0 Å². The number of hydrogen-bond donors (Lipinski definition) is 0. The van der Waals surface area contributed by atoms with Crippen molar-refractivity contribution < 1.29 is 9.53 Å². The van der Waals surface area contributed by atoms with Gasteiger partial charge in [0.1, 0.15) is 6.10 Å². The first-order valence-corrected chi connectivity index (χ1v) is 10.3. The van der Waals surface area contributed by atoms with Crippen LogP contribution in [0.5, 0.6) is 0 Å². The lowest BCUT2D eigenvalue weighted by molar-refractivity contribution is -0.176. The van der Waals surface area contributed by atoms with E-state index >= 15 is 0 Å². The highest BCUT2D eigenvalue weighted by molar-refractivity contribution is 5.72. The highest BCUT2D eigenvalue weighted by Crippen LogP contribution is 2.53. The summed E-state index contributed by atoms with van der Waals surface area (Å²) in [6.45, 7) is 25.0. The Balaban J connectivity index is 3.27. The highest BCUT2D eigenvalue weighted by Gasteiger charge is 2.50. The van der Waals surface area contributed by atoms with E-state index in [1.165, 1.54) is 0 Å². The van der Waals surface area contributed by atoms with Crippen molar-refractivity contribution in [2.75, 3.05) is 0 Å². The van der Waals surface area contributed by atoms with Crippen molar-refractivity contribution in [1.29, 1.82) is 0 Å². The summed E-state index contributed by atoms with van der Waals surface area (Å²) in [5.41, 5.74) is 0.556. The molecule has 25 heavy (non-hydrogen) atoms. The first kappa shape index (κ1) is 22.5. The number of rotatable bonds is 3. The Morgan fingerprint density at radius 3 is 1.56 bits per heavy atom. The summed E-state index contributed by atoms with van der Waals surface area (Å²) in [6.07, 6.45) is 3.17. The van der Waals surface area contributed by atoms with Gasteiger partial charge in [0.15, 0.2) is 0 Å². The Kier molecular flexibility index (Phi) is 6.85. The topological polar surface area (TPSA) is 26.3 Å². The average Bonchev–Trinajstić information content (AvgIpc) is 2.42. The van der Waals surface area contributed by atoms with Gasteiger partial charge in [-0.25, -0.2) is 0 Å². The van der Waals surface area contributed by atoms with E-state index in [-0.39, 0.29) is 28.8 Å². The van der Waals surface area contributed by atoms with Crippen LogP contribution < -0.4 is 0 Å². The molecule has 1 aliphatic rings. The molecule has 1 fully saturated rings. The fourth-order valence-electron chi connectivity index (χ4n) is 4.24. The van der Waals surface area contributed by atoms with Crippen LogP contribution >= 0.6 is 0 Å². The molecule has 0 aromatic rings. The van der Waals surface area contributed by atoms with E-state index in [1.807, 2.05) is 6.92 Å². The van der Waals surface area contributed by atoms with Crippen LogP contribution in [0.4, 0.5) is 0 Å². The van der Waals surface area contributed by atoms with E-state index < -0.39 is 0 Å². The summed E-state index contributed by atoms with van der Waals surface area (Å²) in [4.78, 5) is 12.6. The molecule has 3 atom stereocenters. The number of carbonyl (C=O) groups excluding carboxylic acids is 1. The second-order valence-electron chi connectivity index (χ2n) is 11.7. The number of hydrogen-bond acceptors (Lipinski definition) is 2. The molecule has 2 nitrogen and oxygen atoms in total. The minimum absolute atomic E-state index is 0.00907. The van der Waals surface area contributed by atoms with Gasteiger partial charge in [0.25, 0.3) is 0 Å². The summed E-state index contributed by atoms with van der Waals surface area (Å²) < 4.78 is 6.24. The third kappa shape index (κ3) is 5.73. The average molecular weight is 353 g/mol. The van der Waals surface area contributed by atoms with Gasteiger partial charge >= 0.3 is 5.97 Å². The molecular weight excluding hydrogens is 308 g/mol. The number of ether oxygens (including phenoxy) is 1. The first-order chi connectivity index (χ1) is 11.1. The molecule has 0 spiro atoms. The number of carbonyl (C=O) groups is 1. The molecule has 148 valence electrons. The lowest BCUT2D eigenvalue weighted by atomic mass is 9.55. The van der Waals surface area contributed by atoms with Crippen LogP contribution in [0.1, 0.15) is 95.4 Å². The molecule has 0 bridgehead atoms. The maximum absolute atomic E-state index is 12.6. The zero-order valence-corrected chi connectivity index (χ0v) is 18.8. The molecule has 0 aromatic heterocycles. The molecule has 0 aromatic carbocycles. The largest absolute Gasteiger partial charge is 0.462 e. The molecule has 0 N–H and O–H groups in total. The van der Waals surface area contributed by atoms with Crippen molar-refractivity contribution in [3.63, 3.8) is 0 Å². The van der Waals surface area contributed by atoms with E-state index in [9.17, 15) is 4.79 Å². The van der Waals surface area contributed by atoms with Gasteiger partial charge in [0.2, 0.25) is 0 Å². The molecule has 2 heteroatoms. The Labute approximate surface area is 157 Å². The van der Waals surface area contributed by atoms with Gasteiger partial charge in [0, 0.05) is 11.8 Å². The zero-order valence-electron chi connectivity index (χ0n) is 18.8. The Morgan fingerprint density at radius 2 is 1.28 bits per heavy atom. The molecule has 0 aliphatic heterocycles. The van der Waals surface area contributed by atoms with Gasteiger partial charge in [-0.05, 0) is 41.4 Å². The monoisotopic (exact) mass is 352 g/mol. The molecule has 0 heterocycles. The van der Waals surface area contributed by atoms with Crippen LogP contribution in [0.2, 0.25) is 0 Å². The molecule has 3 unspecified atom stereocenters. The van der Waals surface area contributed by atoms with Gasteiger partial charge in [-0.1, -0.05) is 76.2 Å². The van der Waals surface area contributed by atoms with Crippen LogP contribution in [0.25, 0.3) is 0 Å². The Hall–Kier alpha value is -0.530. The minimum Gasteiger partial charge on any atom is -0.462 e. The standard InChI is InChI=1S/C23H44O2/c1-12-15(2)20(24)25-19-17(22(6,7)8)13-16(21(3,4)5)14-18(19)23(9,10)11/h15-19H,12-14H2,1-11H3. The van der Waals surface area contributed by atoms with Gasteiger partial charge in [-0.2, -0.15) is 0 Å². The summed E-state index contributed by atoms with van der Waals surface area (Å²) in [5.74, 6) is 1.46. The van der Waals surface area contributed by atoms with Gasteiger partial charge in [-0.3, -0.25) is 4.79 Å². The zero-order chi connectivity index (χ0) is 19.8. The van der Waals surface area contributed by atoms with Crippen LogP contribution in [0, 0.1) is 39.9 Å². The van der Waals surface area contributed by atoms with E-state index in [0.29, 0.717) is 23.2 Å². The van der Waals surface area contributed by atoms with Gasteiger partial charge in [-0.15, -0.1) is 0 Å². The molecule has 0 amide bonds. The van der Waals surface area contributed by atoms with Gasteiger partial charge < -0.3 is 4.74 Å². The molecule has 0 saturated heterocycles. The predicted octanol–water partition coefficient (Wildman–Crippen LogP) is 6.73. The fourth-order valence-corrected chi connectivity index (χ4v) is 4.24.